The fraction of sp³-hybridized carbons (Fsp3) is 0.457. The van der Waals surface area contributed by atoms with Crippen molar-refractivity contribution in [1.82, 2.24) is 28.7 Å². The standard InChI is InChI=1S/C33H40N6O3S.C2H6/c1-34-33(42)38-17-15-37(16-18-38)32(41)25-19-23-11-7-8-12-26(23)30-29(22-9-5-4-6-10-22)27-14-13-24(20-28(27)39(30)21-25)31(40)35-43-36(2)3;1-2/h7-8,11-14,19-20,22H,4-6,9-10,15-18,21H2,1-3H3,(H,34,42)(H,35,40);1-2H3. The summed E-state index contributed by atoms with van der Waals surface area (Å²) in [5.41, 5.74) is 6.97. The Kier molecular flexibility index (Phi) is 10.6. The summed E-state index contributed by atoms with van der Waals surface area (Å²) in [5.74, 6) is 0.279. The number of benzene rings is 2. The molecule has 0 atom stereocenters. The van der Waals surface area contributed by atoms with E-state index in [0.29, 0.717) is 49.8 Å². The van der Waals surface area contributed by atoms with Crippen LogP contribution in [0.15, 0.2) is 48.0 Å². The van der Waals surface area contributed by atoms with E-state index in [0.717, 1.165) is 29.5 Å². The van der Waals surface area contributed by atoms with Crippen LogP contribution in [0.3, 0.4) is 0 Å². The molecule has 2 N–H and O–H groups in total. The molecule has 0 radical (unpaired) electrons. The van der Waals surface area contributed by atoms with Gasteiger partial charge in [-0.2, -0.15) is 0 Å². The Morgan fingerprint density at radius 1 is 0.911 bits per heavy atom. The van der Waals surface area contributed by atoms with E-state index in [9.17, 15) is 14.4 Å². The monoisotopic (exact) mass is 630 g/mol. The molecule has 4 amide bonds. The van der Waals surface area contributed by atoms with Gasteiger partial charge in [-0.3, -0.25) is 14.3 Å². The van der Waals surface area contributed by atoms with Crippen molar-refractivity contribution in [3.05, 3.63) is 64.7 Å². The van der Waals surface area contributed by atoms with Gasteiger partial charge in [0.05, 0.1) is 12.2 Å². The topological polar surface area (TPSA) is 89.9 Å². The van der Waals surface area contributed by atoms with Crippen LogP contribution in [0.1, 0.15) is 73.4 Å². The average molecular weight is 631 g/mol. The quantitative estimate of drug-likeness (QED) is 0.332. The van der Waals surface area contributed by atoms with Gasteiger partial charge in [0, 0.05) is 73.0 Å². The summed E-state index contributed by atoms with van der Waals surface area (Å²) in [5, 5.41) is 3.85. The van der Waals surface area contributed by atoms with Crippen LogP contribution in [0.2, 0.25) is 0 Å². The van der Waals surface area contributed by atoms with Crippen LogP contribution < -0.4 is 10.0 Å². The minimum absolute atomic E-state index is 0.00319. The Hall–Kier alpha value is -3.76. The van der Waals surface area contributed by atoms with Crippen LogP contribution in [-0.2, 0) is 11.3 Å². The van der Waals surface area contributed by atoms with Crippen LogP contribution in [0.4, 0.5) is 4.79 Å². The maximum absolute atomic E-state index is 14.1. The lowest BCUT2D eigenvalue weighted by Gasteiger charge is -2.35. The molecule has 3 aliphatic rings. The van der Waals surface area contributed by atoms with E-state index in [4.69, 9.17) is 0 Å². The number of hydrogen-bond donors (Lipinski definition) is 2. The van der Waals surface area contributed by atoms with Crippen LogP contribution in [0, 0.1) is 0 Å². The van der Waals surface area contributed by atoms with Crippen LogP contribution in [-0.4, -0.2) is 83.8 Å². The molecular formula is C35H46N6O3S. The van der Waals surface area contributed by atoms with Crippen molar-refractivity contribution in [2.75, 3.05) is 47.3 Å². The Bertz CT molecular complexity index is 1580. The summed E-state index contributed by atoms with van der Waals surface area (Å²) >= 11 is 1.25. The number of hydrogen-bond acceptors (Lipinski definition) is 5. The maximum atomic E-state index is 14.1. The Balaban J connectivity index is 0.00000196. The molecule has 0 unspecified atom stereocenters. The molecule has 1 aliphatic carbocycles. The van der Waals surface area contributed by atoms with Gasteiger partial charge in [0.2, 0.25) is 0 Å². The first-order valence-corrected chi connectivity index (χ1v) is 17.0. The average Bonchev–Trinajstić information content (AvgIpc) is 3.30. The first-order valence-electron chi connectivity index (χ1n) is 16.2. The van der Waals surface area contributed by atoms with Gasteiger partial charge >= 0.3 is 6.03 Å². The summed E-state index contributed by atoms with van der Waals surface area (Å²) in [6, 6.07) is 14.3. The lowest BCUT2D eigenvalue weighted by molar-refractivity contribution is -0.128. The molecule has 1 aromatic heterocycles. The van der Waals surface area contributed by atoms with Gasteiger partial charge < -0.3 is 19.7 Å². The van der Waals surface area contributed by atoms with E-state index in [1.807, 2.05) is 55.3 Å². The second kappa shape index (κ2) is 14.6. The van der Waals surface area contributed by atoms with Gasteiger partial charge in [-0.1, -0.05) is 63.4 Å². The van der Waals surface area contributed by atoms with Gasteiger partial charge in [0.1, 0.15) is 0 Å². The van der Waals surface area contributed by atoms with Crippen molar-refractivity contribution in [2.45, 2.75) is 58.4 Å². The molecule has 0 bridgehead atoms. The zero-order valence-electron chi connectivity index (χ0n) is 27.2. The number of urea groups is 1. The van der Waals surface area contributed by atoms with Crippen molar-refractivity contribution in [3.8, 4) is 11.3 Å². The van der Waals surface area contributed by atoms with Crippen molar-refractivity contribution in [3.63, 3.8) is 0 Å². The molecule has 0 spiro atoms. The molecule has 45 heavy (non-hydrogen) atoms. The second-order valence-electron chi connectivity index (χ2n) is 11.8. The Morgan fingerprint density at radius 2 is 1.60 bits per heavy atom. The third-order valence-electron chi connectivity index (χ3n) is 8.92. The van der Waals surface area contributed by atoms with Gasteiger partial charge in [0.25, 0.3) is 11.8 Å². The fourth-order valence-electron chi connectivity index (χ4n) is 6.81. The number of aromatic nitrogens is 1. The highest BCUT2D eigenvalue weighted by molar-refractivity contribution is 7.95. The van der Waals surface area contributed by atoms with E-state index < -0.39 is 0 Å². The fourth-order valence-corrected chi connectivity index (χ4v) is 7.20. The SMILES string of the molecule is CC.CNC(=O)N1CCN(C(=O)C2=Cc3ccccc3-c3c(C4CCCCC4)c4ccc(C(=O)NSN(C)C)cc4n3C2)CC1. The number of carbonyl (C=O) groups is 3. The van der Waals surface area contributed by atoms with Crippen molar-refractivity contribution in [1.29, 1.82) is 0 Å². The van der Waals surface area contributed by atoms with Crippen LogP contribution >= 0.6 is 12.1 Å². The van der Waals surface area contributed by atoms with Gasteiger partial charge in [-0.25, -0.2) is 9.10 Å². The smallest absolute Gasteiger partial charge is 0.317 e. The Morgan fingerprint density at radius 3 is 2.29 bits per heavy atom. The number of rotatable bonds is 5. The number of amides is 4. The number of carbonyl (C=O) groups excluding carboxylic acids is 3. The molecule has 2 aliphatic heterocycles. The number of nitrogens with one attached hydrogen (secondary N) is 2. The highest BCUT2D eigenvalue weighted by Gasteiger charge is 2.32. The first kappa shape index (κ1) is 32.6. The lowest BCUT2D eigenvalue weighted by Crippen LogP contribution is -2.53. The minimum Gasteiger partial charge on any atom is -0.341 e. The van der Waals surface area contributed by atoms with Crippen molar-refractivity contribution >= 4 is 47.0 Å². The highest BCUT2D eigenvalue weighted by Crippen LogP contribution is 2.46. The largest absolute Gasteiger partial charge is 0.341 e. The van der Waals surface area contributed by atoms with Gasteiger partial charge in [0.15, 0.2) is 0 Å². The lowest BCUT2D eigenvalue weighted by atomic mass is 9.81. The van der Waals surface area contributed by atoms with Crippen LogP contribution in [0.5, 0.6) is 0 Å². The maximum Gasteiger partial charge on any atom is 0.317 e. The molecule has 2 aromatic carbocycles. The summed E-state index contributed by atoms with van der Waals surface area (Å²) in [4.78, 5) is 43.0. The predicted molar refractivity (Wildman–Crippen MR) is 184 cm³/mol. The normalized spacial score (nSPS) is 16.6. The zero-order valence-corrected chi connectivity index (χ0v) is 28.0. The first-order chi connectivity index (χ1) is 21.9. The van der Waals surface area contributed by atoms with E-state index in [2.05, 4.69) is 44.9 Å². The highest BCUT2D eigenvalue weighted by atomic mass is 32.2. The Labute approximate surface area is 271 Å². The summed E-state index contributed by atoms with van der Waals surface area (Å²) in [6.07, 6.45) is 8.03. The molecule has 10 heteroatoms. The van der Waals surface area contributed by atoms with E-state index in [1.165, 1.54) is 48.0 Å². The zero-order chi connectivity index (χ0) is 32.1. The summed E-state index contributed by atoms with van der Waals surface area (Å²) in [6.45, 7) is 6.40. The van der Waals surface area contributed by atoms with E-state index in [-0.39, 0.29) is 17.8 Å². The van der Waals surface area contributed by atoms with E-state index >= 15 is 0 Å². The molecule has 3 heterocycles. The van der Waals surface area contributed by atoms with Crippen molar-refractivity contribution in [2.24, 2.45) is 0 Å². The molecule has 240 valence electrons. The molecule has 1 saturated heterocycles. The third kappa shape index (κ3) is 6.77. The molecule has 2 fully saturated rings. The molecule has 6 rings (SSSR count). The minimum atomic E-state index is -0.148. The summed E-state index contributed by atoms with van der Waals surface area (Å²) in [7, 11) is 5.40. The third-order valence-corrected chi connectivity index (χ3v) is 9.56. The molecule has 3 aromatic rings. The number of piperazine rings is 1. The number of nitrogens with zero attached hydrogens (tertiary/aromatic N) is 4. The van der Waals surface area contributed by atoms with Gasteiger partial charge in [-0.15, -0.1) is 0 Å². The molecule has 9 nitrogen and oxygen atoms in total. The molecular weight excluding hydrogens is 584 g/mol. The molecule has 1 saturated carbocycles. The second-order valence-corrected chi connectivity index (χ2v) is 13.0. The van der Waals surface area contributed by atoms with Crippen molar-refractivity contribution < 1.29 is 14.4 Å². The van der Waals surface area contributed by atoms with Gasteiger partial charge in [-0.05, 0) is 62.2 Å². The number of fused-ring (bicyclic) bond motifs is 5. The summed E-state index contributed by atoms with van der Waals surface area (Å²) < 4.78 is 7.04. The predicted octanol–water partition coefficient (Wildman–Crippen LogP) is 6.12. The van der Waals surface area contributed by atoms with Crippen LogP contribution in [0.25, 0.3) is 28.2 Å². The van der Waals surface area contributed by atoms with E-state index in [1.54, 1.807) is 11.9 Å².